The molecule has 0 radical (unpaired) electrons. The van der Waals surface area contributed by atoms with Crippen molar-refractivity contribution >= 4 is 0 Å². The van der Waals surface area contributed by atoms with Crippen LogP contribution in [0.3, 0.4) is 0 Å². The van der Waals surface area contributed by atoms with Gasteiger partial charge in [-0.1, -0.05) is 0 Å². The van der Waals surface area contributed by atoms with E-state index in [1.165, 1.54) is 7.11 Å². The zero-order valence-corrected chi connectivity index (χ0v) is 10.2. The molecular weight excluding hydrogens is 242 g/mol. The monoisotopic (exact) mass is 256 g/mol. The first-order chi connectivity index (χ1) is 8.69. The number of fused-ring (bicyclic) bond motifs is 1. The van der Waals surface area contributed by atoms with E-state index in [0.717, 1.165) is 12.1 Å². The highest BCUT2D eigenvalue weighted by atomic mass is 19.1. The van der Waals surface area contributed by atoms with Crippen LogP contribution in [0.1, 0.15) is 11.5 Å². The molecule has 98 valence electrons. The van der Waals surface area contributed by atoms with Crippen molar-refractivity contribution < 1.29 is 23.0 Å². The molecule has 3 rings (SSSR count). The molecule has 1 saturated carbocycles. The van der Waals surface area contributed by atoms with Gasteiger partial charge in [0.05, 0.1) is 13.7 Å². The van der Waals surface area contributed by atoms with E-state index >= 15 is 0 Å². The first-order valence-electron chi connectivity index (χ1n) is 5.85. The Morgan fingerprint density at radius 1 is 1.22 bits per heavy atom. The van der Waals surface area contributed by atoms with Crippen LogP contribution >= 0.6 is 0 Å². The second-order valence-corrected chi connectivity index (χ2v) is 4.68. The van der Waals surface area contributed by atoms with Crippen molar-refractivity contribution in [1.29, 1.82) is 0 Å². The van der Waals surface area contributed by atoms with Gasteiger partial charge >= 0.3 is 0 Å². The molecule has 1 aliphatic heterocycles. The van der Waals surface area contributed by atoms with E-state index in [1.54, 1.807) is 7.11 Å². The highest BCUT2D eigenvalue weighted by molar-refractivity contribution is 5.44. The Labute approximate surface area is 104 Å². The molecule has 0 amide bonds. The average Bonchev–Trinajstić information content (AvgIpc) is 2.91. The molecule has 3 nitrogen and oxygen atoms in total. The minimum atomic E-state index is -0.534. The van der Waals surface area contributed by atoms with Gasteiger partial charge in [-0.05, 0) is 18.1 Å². The van der Waals surface area contributed by atoms with Crippen molar-refractivity contribution in [3.63, 3.8) is 0 Å². The van der Waals surface area contributed by atoms with Gasteiger partial charge in [0, 0.05) is 24.5 Å². The second kappa shape index (κ2) is 4.17. The third kappa shape index (κ3) is 1.54. The minimum Gasteiger partial charge on any atom is -0.493 e. The molecule has 0 bridgehead atoms. The summed E-state index contributed by atoms with van der Waals surface area (Å²) in [4.78, 5) is 0. The fourth-order valence-corrected chi connectivity index (χ4v) is 3.00. The first-order valence-corrected chi connectivity index (χ1v) is 5.85. The van der Waals surface area contributed by atoms with Gasteiger partial charge in [0.15, 0.2) is 17.9 Å². The molecule has 18 heavy (non-hydrogen) atoms. The third-order valence-electron chi connectivity index (χ3n) is 3.86. The Kier molecular flexibility index (Phi) is 2.75. The van der Waals surface area contributed by atoms with Crippen molar-refractivity contribution in [2.45, 2.75) is 12.2 Å². The van der Waals surface area contributed by atoms with E-state index in [9.17, 15) is 8.78 Å². The Bertz CT molecular complexity index is 478. The highest BCUT2D eigenvalue weighted by Gasteiger charge is 2.62. The number of hydrogen-bond donors (Lipinski definition) is 0. The molecule has 1 aromatic carbocycles. The van der Waals surface area contributed by atoms with E-state index in [1.807, 2.05) is 0 Å². The summed E-state index contributed by atoms with van der Waals surface area (Å²) in [6.07, 6.45) is -0.327. The normalized spacial score (nSPS) is 33.3. The maximum Gasteiger partial charge on any atom is 0.165 e. The molecule has 0 N–H and O–H groups in total. The quantitative estimate of drug-likeness (QED) is 0.830. The molecule has 1 aromatic rings. The van der Waals surface area contributed by atoms with E-state index in [4.69, 9.17) is 14.2 Å². The van der Waals surface area contributed by atoms with Crippen molar-refractivity contribution in [2.24, 2.45) is 11.8 Å². The van der Waals surface area contributed by atoms with Crippen LogP contribution in [0.2, 0.25) is 0 Å². The zero-order chi connectivity index (χ0) is 12.9. The average molecular weight is 256 g/mol. The van der Waals surface area contributed by atoms with Gasteiger partial charge in [-0.15, -0.1) is 0 Å². The van der Waals surface area contributed by atoms with Crippen LogP contribution in [-0.4, -0.2) is 27.1 Å². The van der Waals surface area contributed by atoms with E-state index in [2.05, 4.69) is 0 Å². The molecule has 1 aliphatic carbocycles. The number of benzene rings is 1. The maximum atomic E-state index is 13.9. The molecule has 5 heteroatoms. The predicted octanol–water partition coefficient (Wildman–Crippen LogP) is 2.31. The summed E-state index contributed by atoms with van der Waals surface area (Å²) in [5, 5.41) is 0. The van der Waals surface area contributed by atoms with Gasteiger partial charge in [-0.25, -0.2) is 8.78 Å². The fraction of sp³-hybridized carbons (Fsp3) is 0.538. The van der Waals surface area contributed by atoms with Crippen LogP contribution in [0.5, 0.6) is 5.75 Å². The van der Waals surface area contributed by atoms with Crippen molar-refractivity contribution in [2.75, 3.05) is 20.8 Å². The van der Waals surface area contributed by atoms with Crippen LogP contribution in [0.4, 0.5) is 8.78 Å². The first kappa shape index (κ1) is 11.9. The Balaban J connectivity index is 1.97. The Morgan fingerprint density at radius 2 is 1.94 bits per heavy atom. The minimum absolute atomic E-state index is 0.00394. The molecule has 1 saturated heterocycles. The number of rotatable bonds is 3. The number of methoxy groups -OCH3 is 2. The SMILES string of the molecule is COc1c(F)ccc(F)c1[C@H]1[C@H]2COC(OC)[C@H]21. The lowest BCUT2D eigenvalue weighted by Gasteiger charge is -2.16. The number of hydrogen-bond acceptors (Lipinski definition) is 3. The van der Waals surface area contributed by atoms with Crippen LogP contribution in [-0.2, 0) is 9.47 Å². The molecule has 4 atom stereocenters. The van der Waals surface area contributed by atoms with Gasteiger partial charge in [-0.3, -0.25) is 0 Å². The molecule has 2 aliphatic rings. The van der Waals surface area contributed by atoms with E-state index in [-0.39, 0.29) is 29.8 Å². The summed E-state index contributed by atoms with van der Waals surface area (Å²) in [5.74, 6) is -0.741. The highest BCUT2D eigenvalue weighted by Crippen LogP contribution is 2.62. The van der Waals surface area contributed by atoms with Crippen LogP contribution in [0.15, 0.2) is 12.1 Å². The van der Waals surface area contributed by atoms with Crippen molar-refractivity contribution in [3.8, 4) is 5.75 Å². The summed E-state index contributed by atoms with van der Waals surface area (Å²) in [6, 6.07) is 2.23. The summed E-state index contributed by atoms with van der Waals surface area (Å²) in [7, 11) is 2.91. The molecule has 1 heterocycles. The molecular formula is C13H14F2O3. The van der Waals surface area contributed by atoms with Gasteiger partial charge in [0.2, 0.25) is 0 Å². The Morgan fingerprint density at radius 3 is 2.61 bits per heavy atom. The lowest BCUT2D eigenvalue weighted by Crippen LogP contribution is -2.16. The number of ether oxygens (including phenoxy) is 3. The van der Waals surface area contributed by atoms with Crippen molar-refractivity contribution in [3.05, 3.63) is 29.3 Å². The van der Waals surface area contributed by atoms with Gasteiger partial charge in [0.1, 0.15) is 5.82 Å². The summed E-state index contributed by atoms with van der Waals surface area (Å²) >= 11 is 0. The zero-order valence-electron chi connectivity index (χ0n) is 10.2. The summed E-state index contributed by atoms with van der Waals surface area (Å²) < 4.78 is 43.1. The Hall–Kier alpha value is -1.20. The largest absolute Gasteiger partial charge is 0.493 e. The predicted molar refractivity (Wildman–Crippen MR) is 59.4 cm³/mol. The number of halogens is 2. The van der Waals surface area contributed by atoms with Crippen molar-refractivity contribution in [1.82, 2.24) is 0 Å². The molecule has 0 aromatic heterocycles. The lowest BCUT2D eigenvalue weighted by atomic mass is 10.0. The molecule has 0 spiro atoms. The summed E-state index contributed by atoms with van der Waals surface area (Å²) in [5.41, 5.74) is 0.317. The maximum absolute atomic E-state index is 13.9. The van der Waals surface area contributed by atoms with Gasteiger partial charge < -0.3 is 14.2 Å². The second-order valence-electron chi connectivity index (χ2n) is 4.68. The van der Waals surface area contributed by atoms with Gasteiger partial charge in [0.25, 0.3) is 0 Å². The van der Waals surface area contributed by atoms with Crippen LogP contribution in [0.25, 0.3) is 0 Å². The van der Waals surface area contributed by atoms with E-state index < -0.39 is 11.6 Å². The van der Waals surface area contributed by atoms with E-state index in [0.29, 0.717) is 12.2 Å². The lowest BCUT2D eigenvalue weighted by molar-refractivity contribution is -0.111. The summed E-state index contributed by atoms with van der Waals surface area (Å²) in [6.45, 7) is 0.521. The third-order valence-corrected chi connectivity index (χ3v) is 3.86. The standard InChI is InChI=1S/C13H14F2O3/c1-16-12-8(15)4-3-7(14)11(12)9-6-5-18-13(17-2)10(6)9/h3-4,6,9-10,13H,5H2,1-2H3/t6-,9+,10-,13?/m1/s1. The molecule has 1 unspecified atom stereocenters. The molecule has 2 fully saturated rings. The van der Waals surface area contributed by atoms with Crippen LogP contribution in [0, 0.1) is 23.5 Å². The van der Waals surface area contributed by atoms with Crippen LogP contribution < -0.4 is 4.74 Å². The topological polar surface area (TPSA) is 27.7 Å². The van der Waals surface area contributed by atoms with Gasteiger partial charge in [-0.2, -0.15) is 0 Å². The smallest absolute Gasteiger partial charge is 0.165 e. The fourth-order valence-electron chi connectivity index (χ4n) is 3.00.